The minimum Gasteiger partial charge on any atom is -0.454 e. The predicted molar refractivity (Wildman–Crippen MR) is 97.7 cm³/mol. The molecule has 1 N–H and O–H groups in total. The van der Waals surface area contributed by atoms with Gasteiger partial charge in [-0.25, -0.2) is 4.79 Å². The van der Waals surface area contributed by atoms with E-state index in [-0.39, 0.29) is 12.5 Å². The Morgan fingerprint density at radius 3 is 2.71 bits per heavy atom. The van der Waals surface area contributed by atoms with Crippen molar-refractivity contribution in [3.8, 4) is 11.5 Å². The van der Waals surface area contributed by atoms with Crippen LogP contribution in [0.4, 0.5) is 4.79 Å². The van der Waals surface area contributed by atoms with E-state index < -0.39 is 30.0 Å². The monoisotopic (exact) mass is 386 g/mol. The molecule has 2 aromatic rings. The lowest BCUT2D eigenvalue weighted by atomic mass is 9.95. The largest absolute Gasteiger partial charge is 0.454 e. The van der Waals surface area contributed by atoms with Crippen LogP contribution in [0.1, 0.15) is 39.0 Å². The second-order valence-corrected chi connectivity index (χ2v) is 6.78. The maximum Gasteiger partial charge on any atom is 0.326 e. The number of urea groups is 1. The quantitative estimate of drug-likeness (QED) is 0.547. The molecule has 0 aliphatic carbocycles. The SMILES string of the molecule is CCCC[C@]1(C)NC(=O)N(CC(=O)OCc2nnc(-c3ccccc3)o2)C1=O. The number of unbranched alkanes of at least 4 members (excludes halogenated alkanes) is 1. The first kappa shape index (κ1) is 19.5. The van der Waals surface area contributed by atoms with Crippen molar-refractivity contribution in [2.45, 2.75) is 45.3 Å². The van der Waals surface area contributed by atoms with E-state index in [1.807, 2.05) is 37.3 Å². The highest BCUT2D eigenvalue weighted by molar-refractivity contribution is 6.08. The fourth-order valence-corrected chi connectivity index (χ4v) is 2.92. The molecule has 1 aliphatic rings. The van der Waals surface area contributed by atoms with Crippen LogP contribution in [0.2, 0.25) is 0 Å². The molecule has 1 aromatic carbocycles. The Morgan fingerprint density at radius 1 is 1.25 bits per heavy atom. The van der Waals surface area contributed by atoms with E-state index in [0.717, 1.165) is 23.3 Å². The number of rotatable bonds is 8. The molecule has 3 amide bonds. The van der Waals surface area contributed by atoms with E-state index in [4.69, 9.17) is 9.15 Å². The normalized spacial score (nSPS) is 19.0. The highest BCUT2D eigenvalue weighted by Gasteiger charge is 2.47. The van der Waals surface area contributed by atoms with Gasteiger partial charge in [-0.05, 0) is 25.5 Å². The van der Waals surface area contributed by atoms with Gasteiger partial charge in [0.1, 0.15) is 12.1 Å². The first-order valence-corrected chi connectivity index (χ1v) is 9.10. The molecule has 0 saturated carbocycles. The van der Waals surface area contributed by atoms with Gasteiger partial charge in [-0.3, -0.25) is 14.5 Å². The van der Waals surface area contributed by atoms with Crippen molar-refractivity contribution in [2.75, 3.05) is 6.54 Å². The number of imide groups is 1. The molecule has 9 heteroatoms. The van der Waals surface area contributed by atoms with Gasteiger partial charge in [0.2, 0.25) is 5.89 Å². The molecule has 3 rings (SSSR count). The smallest absolute Gasteiger partial charge is 0.326 e. The lowest BCUT2D eigenvalue weighted by Gasteiger charge is -2.20. The van der Waals surface area contributed by atoms with Crippen molar-refractivity contribution < 1.29 is 23.5 Å². The second kappa shape index (κ2) is 8.20. The molecule has 1 saturated heterocycles. The molecule has 2 heterocycles. The number of esters is 1. The molecule has 0 unspecified atom stereocenters. The Balaban J connectivity index is 1.54. The van der Waals surface area contributed by atoms with Crippen LogP contribution in [0, 0.1) is 0 Å². The van der Waals surface area contributed by atoms with E-state index in [9.17, 15) is 14.4 Å². The molecule has 1 aliphatic heterocycles. The maximum atomic E-state index is 12.5. The third-order valence-corrected chi connectivity index (χ3v) is 4.51. The average molecular weight is 386 g/mol. The van der Waals surface area contributed by atoms with Crippen molar-refractivity contribution in [1.82, 2.24) is 20.4 Å². The molecular formula is C19H22N4O5. The average Bonchev–Trinajstić information content (AvgIpc) is 3.25. The zero-order valence-electron chi connectivity index (χ0n) is 15.8. The van der Waals surface area contributed by atoms with Crippen LogP contribution >= 0.6 is 0 Å². The van der Waals surface area contributed by atoms with Gasteiger partial charge in [-0.15, -0.1) is 10.2 Å². The summed E-state index contributed by atoms with van der Waals surface area (Å²) in [5.74, 6) is -0.723. The molecule has 0 radical (unpaired) electrons. The van der Waals surface area contributed by atoms with Gasteiger partial charge in [0.15, 0.2) is 6.61 Å². The lowest BCUT2D eigenvalue weighted by molar-refractivity contribution is -0.149. The third kappa shape index (κ3) is 4.19. The Hall–Kier alpha value is -3.23. The Labute approximate surface area is 162 Å². The summed E-state index contributed by atoms with van der Waals surface area (Å²) >= 11 is 0. The molecule has 28 heavy (non-hydrogen) atoms. The number of carbonyl (C=O) groups excluding carboxylic acids is 3. The van der Waals surface area contributed by atoms with Crippen molar-refractivity contribution in [3.63, 3.8) is 0 Å². The van der Waals surface area contributed by atoms with Crippen molar-refractivity contribution in [2.24, 2.45) is 0 Å². The molecule has 1 fully saturated rings. The van der Waals surface area contributed by atoms with Crippen molar-refractivity contribution in [1.29, 1.82) is 0 Å². The van der Waals surface area contributed by atoms with Gasteiger partial charge >= 0.3 is 12.0 Å². The summed E-state index contributed by atoms with van der Waals surface area (Å²) < 4.78 is 10.5. The lowest BCUT2D eigenvalue weighted by Crippen LogP contribution is -2.44. The van der Waals surface area contributed by atoms with E-state index in [0.29, 0.717) is 12.3 Å². The molecule has 1 aromatic heterocycles. The van der Waals surface area contributed by atoms with Crippen LogP contribution in [0.3, 0.4) is 0 Å². The second-order valence-electron chi connectivity index (χ2n) is 6.78. The van der Waals surface area contributed by atoms with Crippen LogP contribution < -0.4 is 5.32 Å². The van der Waals surface area contributed by atoms with Crippen molar-refractivity contribution in [3.05, 3.63) is 36.2 Å². The van der Waals surface area contributed by atoms with E-state index >= 15 is 0 Å². The minimum atomic E-state index is -0.982. The zero-order valence-corrected chi connectivity index (χ0v) is 15.8. The van der Waals surface area contributed by atoms with E-state index in [2.05, 4.69) is 15.5 Å². The van der Waals surface area contributed by atoms with Crippen LogP contribution in [-0.4, -0.2) is 45.1 Å². The Kier molecular flexibility index (Phi) is 5.72. The number of benzene rings is 1. The summed E-state index contributed by atoms with van der Waals surface area (Å²) in [4.78, 5) is 37.5. The molecule has 9 nitrogen and oxygen atoms in total. The van der Waals surface area contributed by atoms with E-state index in [1.54, 1.807) is 6.92 Å². The summed E-state index contributed by atoms with van der Waals surface area (Å²) in [5.41, 5.74) is -0.233. The molecule has 0 spiro atoms. The summed E-state index contributed by atoms with van der Waals surface area (Å²) in [6.45, 7) is 2.96. The number of nitrogens with one attached hydrogen (secondary N) is 1. The first-order chi connectivity index (χ1) is 13.4. The number of hydrogen-bond acceptors (Lipinski definition) is 7. The van der Waals surface area contributed by atoms with Crippen molar-refractivity contribution >= 4 is 17.9 Å². The van der Waals surface area contributed by atoms with Gasteiger partial charge in [-0.1, -0.05) is 38.0 Å². The topological polar surface area (TPSA) is 115 Å². The van der Waals surface area contributed by atoms with E-state index in [1.165, 1.54) is 0 Å². The van der Waals surface area contributed by atoms with Gasteiger partial charge in [0.05, 0.1) is 0 Å². The molecule has 1 atom stereocenters. The van der Waals surface area contributed by atoms with Crippen LogP contribution in [0.5, 0.6) is 0 Å². The Bertz CT molecular complexity index is 866. The molecule has 148 valence electrons. The zero-order chi connectivity index (χ0) is 20.1. The third-order valence-electron chi connectivity index (χ3n) is 4.51. The summed E-state index contributed by atoms with van der Waals surface area (Å²) in [7, 11) is 0. The number of amides is 3. The predicted octanol–water partition coefficient (Wildman–Crippen LogP) is 2.28. The fourth-order valence-electron chi connectivity index (χ4n) is 2.92. The number of aromatic nitrogens is 2. The fraction of sp³-hybridized carbons (Fsp3) is 0.421. The highest BCUT2D eigenvalue weighted by atomic mass is 16.5. The van der Waals surface area contributed by atoms with Gasteiger partial charge in [0.25, 0.3) is 11.8 Å². The summed E-state index contributed by atoms with van der Waals surface area (Å²) in [6, 6.07) is 8.58. The minimum absolute atomic E-state index is 0.122. The van der Waals surface area contributed by atoms with Gasteiger partial charge in [-0.2, -0.15) is 0 Å². The van der Waals surface area contributed by atoms with Crippen LogP contribution in [0.15, 0.2) is 34.7 Å². The summed E-state index contributed by atoms with van der Waals surface area (Å²) in [6.07, 6.45) is 2.21. The van der Waals surface area contributed by atoms with Crippen LogP contribution in [-0.2, 0) is 20.9 Å². The summed E-state index contributed by atoms with van der Waals surface area (Å²) in [5, 5.41) is 10.4. The standard InChI is InChI=1S/C19H22N4O5/c1-3-4-10-19(2)17(25)23(18(26)20-19)11-15(24)27-12-14-21-22-16(28-14)13-8-6-5-7-9-13/h5-9H,3-4,10-12H2,1-2H3,(H,20,26)/t19-/m0/s1. The number of hydrogen-bond donors (Lipinski definition) is 1. The Morgan fingerprint density at radius 2 is 2.00 bits per heavy atom. The number of carbonyl (C=O) groups is 3. The van der Waals surface area contributed by atoms with Crippen LogP contribution in [0.25, 0.3) is 11.5 Å². The maximum absolute atomic E-state index is 12.5. The van der Waals surface area contributed by atoms with Gasteiger partial charge in [0, 0.05) is 5.56 Å². The van der Waals surface area contributed by atoms with Gasteiger partial charge < -0.3 is 14.5 Å². The molecular weight excluding hydrogens is 364 g/mol. The number of ether oxygens (including phenoxy) is 1. The first-order valence-electron chi connectivity index (χ1n) is 9.10. The number of nitrogens with zero attached hydrogens (tertiary/aromatic N) is 3. The molecule has 0 bridgehead atoms. The highest BCUT2D eigenvalue weighted by Crippen LogP contribution is 2.23.